The van der Waals surface area contributed by atoms with Crippen LogP contribution in [-0.2, 0) is 17.1 Å². The molecular weight excluding hydrogens is 292 g/mol. The quantitative estimate of drug-likeness (QED) is 0.748. The van der Waals surface area contributed by atoms with Crippen LogP contribution in [0.1, 0.15) is 0 Å². The Morgan fingerprint density at radius 2 is 2.00 bits per heavy atom. The molecule has 0 aliphatic heterocycles. The third-order valence-corrected chi connectivity index (χ3v) is 4.18. The number of benzene rings is 1. The summed E-state index contributed by atoms with van der Waals surface area (Å²) in [6.45, 7) is 0. The van der Waals surface area contributed by atoms with Gasteiger partial charge in [0.05, 0.1) is 12.5 Å². The van der Waals surface area contributed by atoms with Gasteiger partial charge >= 0.3 is 0 Å². The molecule has 0 amide bonds. The molecule has 1 aromatic carbocycles. The van der Waals surface area contributed by atoms with Crippen LogP contribution >= 0.6 is 0 Å². The third kappa shape index (κ3) is 2.63. The Balaban J connectivity index is 1.84. The summed E-state index contributed by atoms with van der Waals surface area (Å²) >= 11 is 0. The molecule has 0 radical (unpaired) electrons. The summed E-state index contributed by atoms with van der Waals surface area (Å²) in [5.74, 6) is 0.706. The van der Waals surface area contributed by atoms with Gasteiger partial charge in [-0.1, -0.05) is 0 Å². The van der Waals surface area contributed by atoms with Gasteiger partial charge < -0.3 is 9.55 Å². The molecule has 0 aliphatic rings. The maximum atomic E-state index is 12.0. The number of imidazole rings is 1. The summed E-state index contributed by atoms with van der Waals surface area (Å²) in [7, 11) is -1.81. The number of hydrogen-bond acceptors (Lipinski definition) is 5. The van der Waals surface area contributed by atoms with Crippen molar-refractivity contribution in [2.24, 2.45) is 7.05 Å². The van der Waals surface area contributed by atoms with Crippen LogP contribution in [0.3, 0.4) is 0 Å². The van der Waals surface area contributed by atoms with E-state index in [1.807, 2.05) is 7.05 Å². The van der Waals surface area contributed by atoms with Crippen molar-refractivity contribution in [2.45, 2.75) is 5.03 Å². The monoisotopic (exact) mass is 304 g/mol. The van der Waals surface area contributed by atoms with Crippen molar-refractivity contribution in [3.8, 4) is 11.4 Å². The first kappa shape index (κ1) is 13.3. The summed E-state index contributed by atoms with van der Waals surface area (Å²) in [6.07, 6.45) is 4.16. The van der Waals surface area contributed by atoms with Gasteiger partial charge in [0, 0.05) is 18.3 Å². The van der Waals surface area contributed by atoms with Crippen LogP contribution in [0.15, 0.2) is 48.1 Å². The van der Waals surface area contributed by atoms with Crippen molar-refractivity contribution in [1.29, 1.82) is 0 Å². The summed E-state index contributed by atoms with van der Waals surface area (Å²) in [6, 6.07) is 6.87. The number of hydrogen-bond donors (Lipinski definition) is 2. The molecule has 0 unspecified atom stereocenters. The van der Waals surface area contributed by atoms with Crippen LogP contribution in [0.5, 0.6) is 0 Å². The molecule has 0 aliphatic carbocycles. The van der Waals surface area contributed by atoms with Gasteiger partial charge in [-0.05, 0) is 24.3 Å². The first-order valence-corrected chi connectivity index (χ1v) is 7.50. The standard InChI is InChI=1S/C12H12N6O2S/c1-18-8-15-16-12(18)9-2-4-10(5-3-9)17-21(19,20)11-6-13-7-14-11/h2-8,17H,1H3,(H,13,14). The Morgan fingerprint density at radius 1 is 1.24 bits per heavy atom. The van der Waals surface area contributed by atoms with Crippen molar-refractivity contribution >= 4 is 15.7 Å². The minimum Gasteiger partial charge on any atom is -0.334 e. The summed E-state index contributed by atoms with van der Waals surface area (Å²) in [5.41, 5.74) is 1.30. The lowest BCUT2D eigenvalue weighted by Crippen LogP contribution is -2.13. The number of sulfonamides is 1. The molecule has 0 saturated heterocycles. The van der Waals surface area contributed by atoms with E-state index in [0.717, 1.165) is 5.56 Å². The highest BCUT2D eigenvalue weighted by atomic mass is 32.2. The van der Waals surface area contributed by atoms with Crippen LogP contribution in [-0.4, -0.2) is 33.2 Å². The van der Waals surface area contributed by atoms with E-state index in [0.29, 0.717) is 11.5 Å². The molecule has 0 bridgehead atoms. The van der Waals surface area contributed by atoms with Gasteiger partial charge in [-0.3, -0.25) is 4.72 Å². The first-order valence-electron chi connectivity index (χ1n) is 6.02. The Morgan fingerprint density at radius 3 is 2.57 bits per heavy atom. The number of aryl methyl sites for hydroxylation is 1. The lowest BCUT2D eigenvalue weighted by atomic mass is 10.2. The van der Waals surface area contributed by atoms with Crippen LogP contribution in [0, 0.1) is 0 Å². The highest BCUT2D eigenvalue weighted by Gasteiger charge is 2.15. The van der Waals surface area contributed by atoms with E-state index in [1.165, 1.54) is 12.5 Å². The Kier molecular flexibility index (Phi) is 3.18. The van der Waals surface area contributed by atoms with E-state index in [9.17, 15) is 8.42 Å². The van der Waals surface area contributed by atoms with Gasteiger partial charge in [-0.15, -0.1) is 10.2 Å². The number of nitrogens with zero attached hydrogens (tertiary/aromatic N) is 4. The second-order valence-electron chi connectivity index (χ2n) is 4.36. The van der Waals surface area contributed by atoms with Crippen molar-refractivity contribution in [1.82, 2.24) is 24.7 Å². The van der Waals surface area contributed by atoms with E-state index in [-0.39, 0.29) is 5.03 Å². The molecule has 0 saturated carbocycles. The minimum absolute atomic E-state index is 0.0138. The normalized spacial score (nSPS) is 11.5. The Hall–Kier alpha value is -2.68. The average molecular weight is 304 g/mol. The molecule has 0 atom stereocenters. The minimum atomic E-state index is -3.65. The lowest BCUT2D eigenvalue weighted by Gasteiger charge is -2.07. The highest BCUT2D eigenvalue weighted by molar-refractivity contribution is 7.92. The second-order valence-corrected chi connectivity index (χ2v) is 6.01. The average Bonchev–Trinajstić information content (AvgIpc) is 3.10. The fourth-order valence-corrected chi connectivity index (χ4v) is 2.80. The Bertz CT molecular complexity index is 836. The molecule has 0 fully saturated rings. The van der Waals surface area contributed by atoms with Gasteiger partial charge in [-0.2, -0.15) is 8.42 Å². The predicted octanol–water partition coefficient (Wildman–Crippen LogP) is 1.01. The summed E-state index contributed by atoms with van der Waals surface area (Å²) < 4.78 is 28.3. The van der Waals surface area contributed by atoms with Crippen molar-refractivity contribution in [3.05, 3.63) is 43.1 Å². The van der Waals surface area contributed by atoms with Gasteiger partial charge in [0.15, 0.2) is 10.9 Å². The number of rotatable bonds is 4. The second kappa shape index (κ2) is 5.02. The van der Waals surface area contributed by atoms with E-state index in [1.54, 1.807) is 35.2 Å². The third-order valence-electron chi connectivity index (χ3n) is 2.87. The van der Waals surface area contributed by atoms with Crippen LogP contribution in [0.25, 0.3) is 11.4 Å². The zero-order valence-electron chi connectivity index (χ0n) is 11.1. The SMILES string of the molecule is Cn1cnnc1-c1ccc(NS(=O)(=O)c2cnc[nH]2)cc1. The summed E-state index contributed by atoms with van der Waals surface area (Å²) in [4.78, 5) is 6.25. The van der Waals surface area contributed by atoms with Gasteiger partial charge in [0.1, 0.15) is 6.33 Å². The van der Waals surface area contributed by atoms with E-state index in [4.69, 9.17) is 0 Å². The van der Waals surface area contributed by atoms with Crippen molar-refractivity contribution < 1.29 is 8.42 Å². The molecule has 0 spiro atoms. The molecule has 8 nitrogen and oxygen atoms in total. The van der Waals surface area contributed by atoms with E-state index in [2.05, 4.69) is 24.9 Å². The van der Waals surface area contributed by atoms with E-state index >= 15 is 0 Å². The van der Waals surface area contributed by atoms with Crippen LogP contribution in [0.4, 0.5) is 5.69 Å². The van der Waals surface area contributed by atoms with Gasteiger partial charge in [-0.25, -0.2) is 4.98 Å². The molecule has 2 heterocycles. The lowest BCUT2D eigenvalue weighted by molar-refractivity contribution is 0.598. The topological polar surface area (TPSA) is 106 Å². The number of aromatic nitrogens is 5. The molecule has 2 aromatic heterocycles. The molecule has 2 N–H and O–H groups in total. The molecule has 108 valence electrons. The number of anilines is 1. The maximum absolute atomic E-state index is 12.0. The fourth-order valence-electron chi connectivity index (χ4n) is 1.83. The van der Waals surface area contributed by atoms with E-state index < -0.39 is 10.0 Å². The van der Waals surface area contributed by atoms with Gasteiger partial charge in [0.2, 0.25) is 0 Å². The summed E-state index contributed by atoms with van der Waals surface area (Å²) in [5, 5.41) is 7.81. The van der Waals surface area contributed by atoms with Gasteiger partial charge in [0.25, 0.3) is 10.0 Å². The zero-order valence-corrected chi connectivity index (χ0v) is 11.9. The molecule has 3 aromatic rings. The number of H-pyrrole nitrogens is 1. The van der Waals surface area contributed by atoms with Crippen molar-refractivity contribution in [3.63, 3.8) is 0 Å². The van der Waals surface area contributed by atoms with Crippen LogP contribution < -0.4 is 4.72 Å². The zero-order chi connectivity index (χ0) is 14.9. The van der Waals surface area contributed by atoms with Crippen molar-refractivity contribution in [2.75, 3.05) is 4.72 Å². The highest BCUT2D eigenvalue weighted by Crippen LogP contribution is 2.20. The molecular formula is C12H12N6O2S. The largest absolute Gasteiger partial charge is 0.334 e. The number of aromatic amines is 1. The predicted molar refractivity (Wildman–Crippen MR) is 75.8 cm³/mol. The molecule has 9 heteroatoms. The molecule has 3 rings (SSSR count). The molecule has 21 heavy (non-hydrogen) atoms. The number of nitrogens with one attached hydrogen (secondary N) is 2. The maximum Gasteiger partial charge on any atom is 0.278 e. The van der Waals surface area contributed by atoms with Crippen LogP contribution in [0.2, 0.25) is 0 Å². The smallest absolute Gasteiger partial charge is 0.278 e. The fraction of sp³-hybridized carbons (Fsp3) is 0.0833. The Labute approximate surface area is 120 Å². The first-order chi connectivity index (χ1) is 10.1.